The van der Waals surface area contributed by atoms with Gasteiger partial charge in [-0.2, -0.15) is 12.7 Å². The highest BCUT2D eigenvalue weighted by molar-refractivity contribution is 7.90. The van der Waals surface area contributed by atoms with Crippen LogP contribution in [0, 0.1) is 18.8 Å². The number of likely N-dealkylation sites (tertiary alicyclic amines) is 1. The van der Waals surface area contributed by atoms with Gasteiger partial charge in [-0.3, -0.25) is 18.9 Å². The highest BCUT2D eigenvalue weighted by atomic mass is 32.2. The van der Waals surface area contributed by atoms with Crippen LogP contribution < -0.4 is 10.3 Å². The Morgan fingerprint density at radius 3 is 2.42 bits per heavy atom. The summed E-state index contributed by atoms with van der Waals surface area (Å²) < 4.78 is 29.8. The first kappa shape index (κ1) is 26.1. The van der Waals surface area contributed by atoms with E-state index in [9.17, 15) is 18.0 Å². The lowest BCUT2D eigenvalue weighted by atomic mass is 10.0. The summed E-state index contributed by atoms with van der Waals surface area (Å²) in [6.07, 6.45) is 2.88. The number of nitrogens with one attached hydrogen (secondary N) is 1. The van der Waals surface area contributed by atoms with Crippen molar-refractivity contribution in [3.8, 4) is 22.5 Å². The van der Waals surface area contributed by atoms with E-state index >= 15 is 0 Å². The second kappa shape index (κ2) is 10.3. The molecule has 1 saturated heterocycles. The molecule has 2 heterocycles. The minimum absolute atomic E-state index is 0.0931. The van der Waals surface area contributed by atoms with E-state index in [-0.39, 0.29) is 23.3 Å². The first-order chi connectivity index (χ1) is 18.1. The molecule has 10 heteroatoms. The van der Waals surface area contributed by atoms with Crippen LogP contribution in [0.4, 0.5) is 5.69 Å². The SMILES string of the molecule is Cc1cc(=O)n(C[C@@H]2CCN(C(=O)C3CC3)C2)c(-c2ccc(-c3cccc(NS(=O)(=O)N(C)C)c3)cc2)n1. The van der Waals surface area contributed by atoms with Gasteiger partial charge in [-0.1, -0.05) is 36.4 Å². The second-order valence-electron chi connectivity index (χ2n) is 10.4. The van der Waals surface area contributed by atoms with Gasteiger partial charge >= 0.3 is 10.2 Å². The monoisotopic (exact) mass is 535 g/mol. The van der Waals surface area contributed by atoms with Gasteiger partial charge in [-0.15, -0.1) is 0 Å². The normalized spacial score (nSPS) is 17.7. The lowest BCUT2D eigenvalue weighted by Gasteiger charge is -2.19. The predicted molar refractivity (Wildman–Crippen MR) is 148 cm³/mol. The highest BCUT2D eigenvalue weighted by Crippen LogP contribution is 2.33. The quantitative estimate of drug-likeness (QED) is 0.476. The van der Waals surface area contributed by atoms with Crippen molar-refractivity contribution in [3.05, 3.63) is 70.6 Å². The third-order valence-corrected chi connectivity index (χ3v) is 8.62. The molecule has 5 rings (SSSR count). The number of aryl methyl sites for hydroxylation is 1. The van der Waals surface area contributed by atoms with Gasteiger partial charge in [-0.25, -0.2) is 4.98 Å². The summed E-state index contributed by atoms with van der Waals surface area (Å²) in [7, 11) is -0.660. The molecule has 1 aromatic heterocycles. The Balaban J connectivity index is 1.37. The molecule has 9 nitrogen and oxygen atoms in total. The van der Waals surface area contributed by atoms with E-state index in [2.05, 4.69) is 4.72 Å². The van der Waals surface area contributed by atoms with Crippen LogP contribution in [0.1, 0.15) is 25.0 Å². The van der Waals surface area contributed by atoms with Gasteiger partial charge in [0.2, 0.25) is 5.91 Å². The molecule has 1 amide bonds. The number of rotatable bonds is 8. The fourth-order valence-electron chi connectivity index (χ4n) is 4.86. The number of anilines is 1. The maximum absolute atomic E-state index is 13.0. The largest absolute Gasteiger partial charge is 0.342 e. The van der Waals surface area contributed by atoms with E-state index in [4.69, 9.17) is 4.98 Å². The fourth-order valence-corrected chi connectivity index (χ4v) is 5.47. The van der Waals surface area contributed by atoms with Gasteiger partial charge in [-0.05, 0) is 55.4 Å². The molecule has 1 aliphatic carbocycles. The Kier molecular flexibility index (Phi) is 7.11. The molecule has 2 aromatic carbocycles. The van der Waals surface area contributed by atoms with Crippen molar-refractivity contribution in [2.75, 3.05) is 31.9 Å². The van der Waals surface area contributed by atoms with E-state index in [1.54, 1.807) is 28.8 Å². The highest BCUT2D eigenvalue weighted by Gasteiger charge is 2.36. The smallest absolute Gasteiger partial charge is 0.301 e. The lowest BCUT2D eigenvalue weighted by molar-refractivity contribution is -0.131. The number of benzene rings is 2. The van der Waals surface area contributed by atoms with Crippen LogP contribution >= 0.6 is 0 Å². The summed E-state index contributed by atoms with van der Waals surface area (Å²) >= 11 is 0. The molecular formula is C28H33N5O4S. The van der Waals surface area contributed by atoms with Crippen molar-refractivity contribution < 1.29 is 13.2 Å². The zero-order valence-corrected chi connectivity index (χ0v) is 22.7. The van der Waals surface area contributed by atoms with E-state index < -0.39 is 10.2 Å². The minimum atomic E-state index is -3.60. The first-order valence-electron chi connectivity index (χ1n) is 12.9. The van der Waals surface area contributed by atoms with Crippen LogP contribution in [-0.2, 0) is 21.5 Å². The average Bonchev–Trinajstić information content (AvgIpc) is 3.63. The number of hydrogen-bond acceptors (Lipinski definition) is 5. The number of aromatic nitrogens is 2. The molecule has 1 N–H and O–H groups in total. The van der Waals surface area contributed by atoms with Crippen molar-refractivity contribution in [1.82, 2.24) is 18.8 Å². The Bertz CT molecular complexity index is 1510. The van der Waals surface area contributed by atoms with Crippen molar-refractivity contribution in [2.24, 2.45) is 11.8 Å². The minimum Gasteiger partial charge on any atom is -0.342 e. The summed E-state index contributed by atoms with van der Waals surface area (Å²) in [5, 5.41) is 0. The van der Waals surface area contributed by atoms with Crippen LogP contribution in [-0.4, -0.2) is 60.3 Å². The standard InChI is InChI=1S/C28H33N5O4S/c1-19-15-26(34)33(18-20-13-14-32(17-20)28(35)23-11-12-23)27(29-19)22-9-7-21(8-10-22)24-5-4-6-25(16-24)30-38(36,37)31(2)3/h4-10,15-16,20,23,30H,11-14,17-18H2,1-3H3/t20-/m1/s1. The Morgan fingerprint density at radius 1 is 1.03 bits per heavy atom. The Hall–Kier alpha value is -3.50. The Morgan fingerprint density at radius 2 is 1.74 bits per heavy atom. The van der Waals surface area contributed by atoms with Crippen LogP contribution in [0.2, 0.25) is 0 Å². The molecule has 200 valence electrons. The molecular weight excluding hydrogens is 502 g/mol. The number of carbonyl (C=O) groups excluding carboxylic acids is 1. The van der Waals surface area contributed by atoms with Crippen molar-refractivity contribution >= 4 is 21.8 Å². The summed E-state index contributed by atoms with van der Waals surface area (Å²) in [4.78, 5) is 32.2. The van der Waals surface area contributed by atoms with Gasteiger partial charge in [0.1, 0.15) is 5.82 Å². The van der Waals surface area contributed by atoms with Gasteiger partial charge in [0, 0.05) is 57.0 Å². The van der Waals surface area contributed by atoms with Crippen LogP contribution in [0.3, 0.4) is 0 Å². The van der Waals surface area contributed by atoms with Crippen LogP contribution in [0.5, 0.6) is 0 Å². The van der Waals surface area contributed by atoms with Crippen LogP contribution in [0.15, 0.2) is 59.4 Å². The second-order valence-corrected chi connectivity index (χ2v) is 12.3. The molecule has 1 atom stereocenters. The molecule has 2 aliphatic rings. The lowest BCUT2D eigenvalue weighted by Crippen LogP contribution is -2.32. The third-order valence-electron chi connectivity index (χ3n) is 7.17. The summed E-state index contributed by atoms with van der Waals surface area (Å²) in [6.45, 7) is 3.77. The molecule has 3 aromatic rings. The number of hydrogen-bond donors (Lipinski definition) is 1. The van der Waals surface area contributed by atoms with Crippen molar-refractivity contribution in [2.45, 2.75) is 32.7 Å². The van der Waals surface area contributed by atoms with Crippen LogP contribution in [0.25, 0.3) is 22.5 Å². The van der Waals surface area contributed by atoms with E-state index in [0.717, 1.165) is 46.8 Å². The van der Waals surface area contributed by atoms with E-state index in [1.807, 2.05) is 42.2 Å². The zero-order valence-electron chi connectivity index (χ0n) is 21.9. The van der Waals surface area contributed by atoms with Gasteiger partial charge in [0.05, 0.1) is 5.69 Å². The fraction of sp³-hybridized carbons (Fsp3) is 0.393. The molecule has 0 radical (unpaired) electrons. The molecule has 0 bridgehead atoms. The molecule has 1 aliphatic heterocycles. The Labute approximate surface area is 223 Å². The zero-order chi connectivity index (χ0) is 27.0. The molecule has 38 heavy (non-hydrogen) atoms. The number of carbonyl (C=O) groups is 1. The first-order valence-corrected chi connectivity index (χ1v) is 14.3. The van der Waals surface area contributed by atoms with E-state index in [0.29, 0.717) is 30.3 Å². The van der Waals surface area contributed by atoms with Crippen molar-refractivity contribution in [1.29, 1.82) is 0 Å². The van der Waals surface area contributed by atoms with Gasteiger partial charge in [0.25, 0.3) is 5.56 Å². The topological polar surface area (TPSA) is 105 Å². The average molecular weight is 536 g/mol. The summed E-state index contributed by atoms with van der Waals surface area (Å²) in [5.74, 6) is 1.30. The maximum Gasteiger partial charge on any atom is 0.301 e. The molecule has 0 unspecified atom stereocenters. The predicted octanol–water partition coefficient (Wildman–Crippen LogP) is 3.36. The molecule has 2 fully saturated rings. The van der Waals surface area contributed by atoms with Gasteiger partial charge in [0.15, 0.2) is 0 Å². The summed E-state index contributed by atoms with van der Waals surface area (Å²) in [5.41, 5.74) is 3.62. The third kappa shape index (κ3) is 5.66. The van der Waals surface area contributed by atoms with Gasteiger partial charge < -0.3 is 4.90 Å². The van der Waals surface area contributed by atoms with Crippen molar-refractivity contribution in [3.63, 3.8) is 0 Å². The molecule has 1 saturated carbocycles. The van der Waals surface area contributed by atoms with E-state index in [1.165, 1.54) is 14.1 Å². The molecule has 0 spiro atoms. The number of amides is 1. The maximum atomic E-state index is 13.0. The number of nitrogens with zero attached hydrogens (tertiary/aromatic N) is 4. The summed E-state index contributed by atoms with van der Waals surface area (Å²) in [6, 6.07) is 16.5.